The van der Waals surface area contributed by atoms with Crippen molar-refractivity contribution in [3.05, 3.63) is 29.8 Å². The summed E-state index contributed by atoms with van der Waals surface area (Å²) in [6.07, 6.45) is -0.0406. The minimum Gasteiger partial charge on any atom is -0.508 e. The van der Waals surface area contributed by atoms with E-state index in [4.69, 9.17) is 15.2 Å². The van der Waals surface area contributed by atoms with E-state index in [2.05, 4.69) is 16.0 Å². The van der Waals surface area contributed by atoms with Crippen molar-refractivity contribution in [1.82, 2.24) is 16.0 Å². The summed E-state index contributed by atoms with van der Waals surface area (Å²) in [6.45, 7) is 9.92. The number of aliphatic hydroxyl groups is 1. The first-order valence-electron chi connectivity index (χ1n) is 14.9. The molecule has 13 heteroatoms. The Morgan fingerprint density at radius 1 is 0.955 bits per heavy atom. The lowest BCUT2D eigenvalue weighted by molar-refractivity contribution is -0.146. The van der Waals surface area contributed by atoms with E-state index < -0.39 is 59.6 Å². The maximum atomic E-state index is 13.1. The third-order valence-corrected chi connectivity index (χ3v) is 6.85. The summed E-state index contributed by atoms with van der Waals surface area (Å²) in [5.74, 6) is -2.88. The molecule has 0 saturated heterocycles. The normalized spacial score (nSPS) is 14.9. The molecule has 0 aliphatic carbocycles. The average Bonchev–Trinajstić information content (AvgIpc) is 2.93. The number of phenols is 1. The molecule has 3 amide bonds. The first-order chi connectivity index (χ1) is 20.4. The molecule has 0 radical (unpaired) electrons. The number of rotatable bonds is 17. The van der Waals surface area contributed by atoms with Crippen LogP contribution in [0.3, 0.4) is 0 Å². The number of nitrogens with two attached hydrogens (primary N) is 1. The third-order valence-electron chi connectivity index (χ3n) is 6.85. The molecule has 0 aliphatic heterocycles. The number of esters is 1. The highest BCUT2D eigenvalue weighted by Gasteiger charge is 2.32. The summed E-state index contributed by atoms with van der Waals surface area (Å²) in [5.41, 5.74) is 6.04. The highest BCUT2D eigenvalue weighted by Crippen LogP contribution is 2.18. The first kappa shape index (κ1) is 38.3. The number of aromatic hydroxyl groups is 1. The Morgan fingerprint density at radius 3 is 2.11 bits per heavy atom. The van der Waals surface area contributed by atoms with Gasteiger partial charge in [-0.3, -0.25) is 14.4 Å². The summed E-state index contributed by atoms with van der Waals surface area (Å²) in [4.78, 5) is 62.4. The lowest BCUT2D eigenvalue weighted by Crippen LogP contribution is -2.55. The lowest BCUT2D eigenvalue weighted by Gasteiger charge is -2.28. The van der Waals surface area contributed by atoms with Crippen LogP contribution >= 0.6 is 0 Å². The molecule has 0 spiro atoms. The smallest absolute Gasteiger partial charge is 0.408 e. The van der Waals surface area contributed by atoms with Crippen molar-refractivity contribution in [2.24, 2.45) is 17.6 Å². The molecule has 0 fully saturated rings. The molecule has 1 rings (SSSR count). The third kappa shape index (κ3) is 14.2. The van der Waals surface area contributed by atoms with Crippen molar-refractivity contribution in [1.29, 1.82) is 0 Å². The molecular formula is C31H50N4O9. The van der Waals surface area contributed by atoms with E-state index in [1.807, 2.05) is 0 Å². The van der Waals surface area contributed by atoms with E-state index in [9.17, 15) is 34.2 Å². The number of nitrogens with one attached hydrogen (secondary N) is 3. The fraction of sp³-hybridized carbons (Fsp3) is 0.645. The van der Waals surface area contributed by atoms with Gasteiger partial charge in [0.15, 0.2) is 5.78 Å². The largest absolute Gasteiger partial charge is 0.508 e. The number of methoxy groups -OCH3 is 1. The molecule has 0 aromatic heterocycles. The van der Waals surface area contributed by atoms with Crippen molar-refractivity contribution in [3.63, 3.8) is 0 Å². The van der Waals surface area contributed by atoms with E-state index >= 15 is 0 Å². The second kappa shape index (κ2) is 18.2. The maximum absolute atomic E-state index is 13.1. The van der Waals surface area contributed by atoms with Crippen LogP contribution in [0.5, 0.6) is 5.75 Å². The van der Waals surface area contributed by atoms with Gasteiger partial charge in [-0.2, -0.15) is 0 Å². The number of amides is 3. The number of phenolic OH excluding ortho intramolecular Hbond substituents is 1. The second-order valence-electron chi connectivity index (χ2n) is 12.3. The molecule has 13 nitrogen and oxygen atoms in total. The quantitative estimate of drug-likeness (QED) is 0.0848. The molecule has 1 aromatic rings. The Morgan fingerprint density at radius 2 is 1.57 bits per heavy atom. The number of carbonyl (C=O) groups is 5. The molecule has 4 unspecified atom stereocenters. The Balaban J connectivity index is 2.85. The molecule has 0 saturated carbocycles. The number of unbranched alkanes of at least 4 members (excludes halogenated alkanes) is 1. The summed E-state index contributed by atoms with van der Waals surface area (Å²) >= 11 is 0. The van der Waals surface area contributed by atoms with Crippen LogP contribution in [0.15, 0.2) is 24.3 Å². The van der Waals surface area contributed by atoms with Gasteiger partial charge in [-0.25, -0.2) is 9.59 Å². The summed E-state index contributed by atoms with van der Waals surface area (Å²) in [6, 6.07) is 2.87. The minimum atomic E-state index is -1.21. The Labute approximate surface area is 259 Å². The van der Waals surface area contributed by atoms with Crippen LogP contribution in [-0.4, -0.2) is 83.4 Å². The van der Waals surface area contributed by atoms with Gasteiger partial charge in [-0.15, -0.1) is 0 Å². The van der Waals surface area contributed by atoms with Crippen LogP contribution in [0.25, 0.3) is 0 Å². The molecule has 5 atom stereocenters. The molecule has 0 bridgehead atoms. The zero-order valence-corrected chi connectivity index (χ0v) is 26.8. The summed E-state index contributed by atoms with van der Waals surface area (Å²) in [7, 11) is 1.21. The standard InChI is InChI=1S/C31H50N4O9/c1-18(2)26(29(41)43-7)35-28(40)25(32)21(17-33-27(39)19(3)34-30(42)44-31(4,5)6)16-23(37)10-8-9-11-24(38)20-12-14-22(36)15-13-20/h12-15,18-19,21,23,25-26,36-37H,8-11,16-17,32H2,1-7H3,(H,33,39)(H,34,42)(H,35,40)/t19-,21?,23?,25?,26?/m0/s1. The molecule has 0 aliphatic rings. The van der Waals surface area contributed by atoms with Gasteiger partial charge in [0.05, 0.1) is 19.3 Å². The van der Waals surface area contributed by atoms with Gasteiger partial charge in [-0.05, 0) is 77.1 Å². The Hall–Kier alpha value is -3.71. The number of hydrogen-bond donors (Lipinski definition) is 6. The van der Waals surface area contributed by atoms with Gasteiger partial charge >= 0.3 is 12.1 Å². The highest BCUT2D eigenvalue weighted by molar-refractivity contribution is 5.96. The zero-order valence-electron chi connectivity index (χ0n) is 26.8. The zero-order chi connectivity index (χ0) is 33.6. The van der Waals surface area contributed by atoms with Crippen molar-refractivity contribution in [2.45, 2.75) is 103 Å². The monoisotopic (exact) mass is 622 g/mol. The van der Waals surface area contributed by atoms with E-state index in [1.54, 1.807) is 46.8 Å². The average molecular weight is 623 g/mol. The molecule has 0 heterocycles. The first-order valence-corrected chi connectivity index (χ1v) is 14.9. The fourth-order valence-corrected chi connectivity index (χ4v) is 4.30. The van der Waals surface area contributed by atoms with Crippen LogP contribution in [0.1, 0.15) is 84.0 Å². The predicted octanol–water partition coefficient (Wildman–Crippen LogP) is 2.17. The van der Waals surface area contributed by atoms with Crippen molar-refractivity contribution in [3.8, 4) is 5.75 Å². The highest BCUT2D eigenvalue weighted by atomic mass is 16.6. The lowest BCUT2D eigenvalue weighted by atomic mass is 9.90. The predicted molar refractivity (Wildman–Crippen MR) is 164 cm³/mol. The minimum absolute atomic E-state index is 0.0409. The van der Waals surface area contributed by atoms with E-state index in [1.165, 1.54) is 26.2 Å². The Kier molecular flexibility index (Phi) is 15.8. The van der Waals surface area contributed by atoms with Gasteiger partial charge in [0.2, 0.25) is 11.8 Å². The van der Waals surface area contributed by atoms with E-state index in [-0.39, 0.29) is 36.8 Å². The van der Waals surface area contributed by atoms with E-state index in [0.29, 0.717) is 24.8 Å². The topological polar surface area (TPSA) is 206 Å². The number of carbonyl (C=O) groups excluding carboxylic acids is 5. The van der Waals surface area contributed by atoms with Crippen LogP contribution in [-0.2, 0) is 23.9 Å². The number of Topliss-reactive ketones (excluding diaryl/α,β-unsaturated/α-hetero) is 1. The van der Waals surface area contributed by atoms with E-state index in [0.717, 1.165) is 0 Å². The summed E-state index contributed by atoms with van der Waals surface area (Å²) < 4.78 is 9.96. The number of alkyl carbamates (subject to hydrolysis) is 1. The van der Waals surface area contributed by atoms with Crippen molar-refractivity contribution < 1.29 is 43.7 Å². The number of benzene rings is 1. The van der Waals surface area contributed by atoms with Crippen LogP contribution in [0.2, 0.25) is 0 Å². The van der Waals surface area contributed by atoms with Crippen molar-refractivity contribution in [2.75, 3.05) is 13.7 Å². The second-order valence-corrected chi connectivity index (χ2v) is 12.3. The summed E-state index contributed by atoms with van der Waals surface area (Å²) in [5, 5.41) is 27.9. The van der Waals surface area contributed by atoms with Gasteiger partial charge in [-0.1, -0.05) is 20.3 Å². The van der Waals surface area contributed by atoms with Crippen molar-refractivity contribution >= 4 is 29.7 Å². The van der Waals surface area contributed by atoms with Crippen LogP contribution in [0, 0.1) is 11.8 Å². The van der Waals surface area contributed by atoms with Gasteiger partial charge in [0.1, 0.15) is 23.4 Å². The number of ether oxygens (including phenoxy) is 2. The molecule has 1 aromatic carbocycles. The number of hydrogen-bond acceptors (Lipinski definition) is 10. The molecular weight excluding hydrogens is 572 g/mol. The SMILES string of the molecule is COC(=O)C(NC(=O)C(N)C(CNC(=O)[C@H](C)NC(=O)OC(C)(C)C)CC(O)CCCCC(=O)c1ccc(O)cc1)C(C)C. The Bertz CT molecular complexity index is 1100. The van der Waals surface area contributed by atoms with Crippen LogP contribution in [0.4, 0.5) is 4.79 Å². The van der Waals surface area contributed by atoms with Crippen LogP contribution < -0.4 is 21.7 Å². The van der Waals surface area contributed by atoms with Gasteiger partial charge in [0, 0.05) is 24.4 Å². The fourth-order valence-electron chi connectivity index (χ4n) is 4.30. The molecule has 44 heavy (non-hydrogen) atoms. The maximum Gasteiger partial charge on any atom is 0.408 e. The number of ketones is 1. The van der Waals surface area contributed by atoms with Gasteiger partial charge in [0.25, 0.3) is 0 Å². The molecule has 7 N–H and O–H groups in total. The number of aliphatic hydroxyl groups excluding tert-OH is 1. The molecule has 248 valence electrons. The van der Waals surface area contributed by atoms with Gasteiger partial charge < -0.3 is 41.4 Å².